The third-order valence-electron chi connectivity index (χ3n) is 4.50. The zero-order valence-corrected chi connectivity index (χ0v) is 21.9. The lowest BCUT2D eigenvalue weighted by atomic mass is 9.91. The average Bonchev–Trinajstić information content (AvgIpc) is 2.64. The quantitative estimate of drug-likeness (QED) is 0.127. The predicted molar refractivity (Wildman–Crippen MR) is 133 cm³/mol. The van der Waals surface area contributed by atoms with Crippen molar-refractivity contribution in [2.75, 3.05) is 36.2 Å². The average molecular weight is 533 g/mol. The Labute approximate surface area is 200 Å². The SMILES string of the molecule is Cc1ccc(N(CCBr)CCOS(C)(=O)=O)cc1C[C@H](CC(=O)OC(C)(C)C)NBC=O. The van der Waals surface area contributed by atoms with E-state index >= 15 is 0 Å². The van der Waals surface area contributed by atoms with Crippen LogP contribution in [0.1, 0.15) is 38.3 Å². The van der Waals surface area contributed by atoms with Crippen molar-refractivity contribution in [3.05, 3.63) is 29.3 Å². The molecule has 11 heteroatoms. The van der Waals surface area contributed by atoms with Gasteiger partial charge in [-0.3, -0.25) is 8.98 Å². The first-order valence-corrected chi connectivity index (χ1v) is 13.4. The second kappa shape index (κ2) is 13.3. The van der Waals surface area contributed by atoms with Crippen molar-refractivity contribution in [3.63, 3.8) is 0 Å². The van der Waals surface area contributed by atoms with E-state index in [1.165, 1.54) is 0 Å². The molecule has 0 bridgehead atoms. The molecule has 0 aliphatic rings. The number of esters is 1. The Morgan fingerprint density at radius 1 is 1.31 bits per heavy atom. The summed E-state index contributed by atoms with van der Waals surface area (Å²) in [5.74, 6) is -0.325. The van der Waals surface area contributed by atoms with Gasteiger partial charge in [-0.05, 0) is 57.4 Å². The normalized spacial score (nSPS) is 12.8. The third kappa shape index (κ3) is 12.0. The second-order valence-electron chi connectivity index (χ2n) is 8.58. The Hall–Kier alpha value is -1.43. The number of halogens is 1. The summed E-state index contributed by atoms with van der Waals surface area (Å²) in [4.78, 5) is 25.3. The Morgan fingerprint density at radius 3 is 2.56 bits per heavy atom. The number of benzene rings is 1. The maximum absolute atomic E-state index is 12.3. The van der Waals surface area contributed by atoms with Crippen molar-refractivity contribution in [1.29, 1.82) is 0 Å². The van der Waals surface area contributed by atoms with Crippen LogP contribution in [0.5, 0.6) is 0 Å². The highest BCUT2D eigenvalue weighted by atomic mass is 79.9. The van der Waals surface area contributed by atoms with Gasteiger partial charge < -0.3 is 19.7 Å². The van der Waals surface area contributed by atoms with Crippen LogP contribution in [0.4, 0.5) is 5.69 Å². The van der Waals surface area contributed by atoms with Gasteiger partial charge in [-0.2, -0.15) is 8.42 Å². The highest BCUT2D eigenvalue weighted by Gasteiger charge is 2.21. The number of hydrogen-bond acceptors (Lipinski definition) is 8. The summed E-state index contributed by atoms with van der Waals surface area (Å²) in [6, 6.07) is 5.74. The number of nitrogens with one attached hydrogen (secondary N) is 1. The van der Waals surface area contributed by atoms with Gasteiger partial charge in [0.25, 0.3) is 17.5 Å². The first-order chi connectivity index (χ1) is 14.8. The number of carbonyl (C=O) groups excluding carboxylic acids is 2. The van der Waals surface area contributed by atoms with Crippen molar-refractivity contribution in [1.82, 2.24) is 5.23 Å². The summed E-state index contributed by atoms with van der Waals surface area (Å²) in [5.41, 5.74) is 2.43. The molecule has 0 radical (unpaired) electrons. The van der Waals surface area contributed by atoms with Crippen LogP contribution in [0.25, 0.3) is 0 Å². The number of nitrogens with zero attached hydrogens (tertiary/aromatic N) is 1. The zero-order chi connectivity index (χ0) is 24.4. The lowest BCUT2D eigenvalue weighted by Crippen LogP contribution is -2.38. The molecule has 0 unspecified atom stereocenters. The minimum Gasteiger partial charge on any atom is -0.460 e. The molecule has 180 valence electrons. The summed E-state index contributed by atoms with van der Waals surface area (Å²) < 4.78 is 32.9. The molecule has 0 heterocycles. The van der Waals surface area contributed by atoms with Crippen LogP contribution in [0.2, 0.25) is 0 Å². The number of aryl methyl sites for hydroxylation is 1. The topological polar surface area (TPSA) is 102 Å². The molecule has 0 spiro atoms. The molecule has 8 nitrogen and oxygen atoms in total. The van der Waals surface area contributed by atoms with E-state index in [2.05, 4.69) is 21.2 Å². The Kier molecular flexibility index (Phi) is 11.9. The molecule has 1 N–H and O–H groups in total. The van der Waals surface area contributed by atoms with Gasteiger partial charge in [0.2, 0.25) is 0 Å². The molecule has 0 saturated carbocycles. The van der Waals surface area contributed by atoms with Gasteiger partial charge in [0, 0.05) is 30.1 Å². The summed E-state index contributed by atoms with van der Waals surface area (Å²) in [5, 5.41) is 3.82. The highest BCUT2D eigenvalue weighted by Crippen LogP contribution is 2.22. The summed E-state index contributed by atoms with van der Waals surface area (Å²) >= 11 is 3.44. The van der Waals surface area contributed by atoms with E-state index in [9.17, 15) is 18.0 Å². The minimum atomic E-state index is -3.50. The van der Waals surface area contributed by atoms with Crippen LogP contribution >= 0.6 is 15.9 Å². The molecule has 1 rings (SSSR count). The fraction of sp³-hybridized carbons (Fsp3) is 0.619. The van der Waals surface area contributed by atoms with Crippen molar-refractivity contribution in [3.8, 4) is 0 Å². The van der Waals surface area contributed by atoms with Crippen molar-refractivity contribution in [2.24, 2.45) is 0 Å². The third-order valence-corrected chi connectivity index (χ3v) is 5.45. The molecule has 1 atom stereocenters. The number of anilines is 1. The molecular formula is C21H34BBrN2O6S. The van der Waals surface area contributed by atoms with Gasteiger partial charge in [0.1, 0.15) is 5.60 Å². The fourth-order valence-corrected chi connectivity index (χ4v) is 3.93. The second-order valence-corrected chi connectivity index (χ2v) is 11.0. The maximum Gasteiger partial charge on any atom is 0.307 e. The monoisotopic (exact) mass is 532 g/mol. The standard InChI is InChI=1S/C21H34BBrN2O6S/c1-16-6-7-19(25(9-8-23)10-11-30-32(5,28)29)13-17(16)12-18(24-22-15-26)14-20(27)31-21(2,3)4/h6-7,13,15,18,22,24H,8-12,14H2,1-5H3/t18-/m1/s1. The molecule has 0 fully saturated rings. The van der Waals surface area contributed by atoms with Crippen LogP contribution < -0.4 is 10.1 Å². The van der Waals surface area contributed by atoms with E-state index in [0.717, 1.165) is 29.3 Å². The molecule has 1 aromatic rings. The fourth-order valence-electron chi connectivity index (χ4n) is 3.13. The number of ether oxygens (including phenoxy) is 1. The largest absolute Gasteiger partial charge is 0.460 e. The molecular weight excluding hydrogens is 499 g/mol. The Morgan fingerprint density at radius 2 is 2.00 bits per heavy atom. The first kappa shape index (κ1) is 28.6. The maximum atomic E-state index is 12.3. The molecule has 0 aliphatic carbocycles. The van der Waals surface area contributed by atoms with Crippen LogP contribution in [0, 0.1) is 6.92 Å². The van der Waals surface area contributed by atoms with E-state index in [4.69, 9.17) is 8.92 Å². The van der Waals surface area contributed by atoms with Crippen LogP contribution in [-0.2, 0) is 35.0 Å². The lowest BCUT2D eigenvalue weighted by molar-refractivity contribution is -0.155. The first-order valence-electron chi connectivity index (χ1n) is 10.5. The van der Waals surface area contributed by atoms with Gasteiger partial charge in [0.15, 0.2) is 0 Å². The molecule has 0 amide bonds. The van der Waals surface area contributed by atoms with Crippen LogP contribution in [-0.4, -0.2) is 70.9 Å². The highest BCUT2D eigenvalue weighted by molar-refractivity contribution is 9.09. The Bertz CT molecular complexity index is 860. The molecule has 0 saturated heterocycles. The smallest absolute Gasteiger partial charge is 0.307 e. The number of rotatable bonds is 14. The minimum absolute atomic E-state index is 0.0528. The van der Waals surface area contributed by atoms with Gasteiger partial charge >= 0.3 is 5.97 Å². The van der Waals surface area contributed by atoms with E-state index < -0.39 is 15.7 Å². The number of carbonyl (C=O) groups is 2. The Balaban J connectivity index is 3.01. The molecule has 1 aromatic carbocycles. The molecule has 32 heavy (non-hydrogen) atoms. The summed E-state index contributed by atoms with van der Waals surface area (Å²) in [7, 11) is -3.36. The van der Waals surface area contributed by atoms with Gasteiger partial charge in [-0.15, -0.1) is 0 Å². The molecule has 0 aliphatic heterocycles. The zero-order valence-electron chi connectivity index (χ0n) is 19.5. The number of hydrogen-bond donors (Lipinski definition) is 1. The van der Waals surface area contributed by atoms with Gasteiger partial charge in [0.05, 0.1) is 25.5 Å². The van der Waals surface area contributed by atoms with Crippen LogP contribution in [0.3, 0.4) is 0 Å². The van der Waals surface area contributed by atoms with Crippen molar-refractivity contribution < 1.29 is 26.9 Å². The summed E-state index contributed by atoms with van der Waals surface area (Å²) in [6.07, 6.45) is 2.48. The molecule has 0 aromatic heterocycles. The van der Waals surface area contributed by atoms with Crippen LogP contribution in [0.15, 0.2) is 18.2 Å². The van der Waals surface area contributed by atoms with E-state index in [-0.39, 0.29) is 32.5 Å². The lowest BCUT2D eigenvalue weighted by Gasteiger charge is -2.26. The van der Waals surface area contributed by atoms with E-state index in [1.807, 2.05) is 50.8 Å². The summed E-state index contributed by atoms with van der Waals surface area (Å²) in [6.45, 7) is 8.57. The van der Waals surface area contributed by atoms with Gasteiger partial charge in [-0.25, -0.2) is 0 Å². The van der Waals surface area contributed by atoms with Gasteiger partial charge in [-0.1, -0.05) is 22.0 Å². The van der Waals surface area contributed by atoms with E-state index in [1.54, 1.807) is 0 Å². The predicted octanol–water partition coefficient (Wildman–Crippen LogP) is 1.95. The van der Waals surface area contributed by atoms with E-state index in [0.29, 0.717) is 24.8 Å². The van der Waals surface area contributed by atoms with Crippen molar-refractivity contribution >= 4 is 51.3 Å². The number of alkyl halides is 1. The van der Waals surface area contributed by atoms with Crippen molar-refractivity contribution in [2.45, 2.75) is 52.2 Å².